The van der Waals surface area contributed by atoms with Crippen molar-refractivity contribution in [3.8, 4) is 0 Å². The number of ether oxygens (including phenoxy) is 1. The number of nitrogens with one attached hydrogen (secondary N) is 2. The molecule has 116 valence electrons. The largest absolute Gasteiger partial charge is 0.447 e. The highest BCUT2D eigenvalue weighted by molar-refractivity contribution is 7.89. The molecule has 20 heavy (non-hydrogen) atoms. The van der Waals surface area contributed by atoms with Gasteiger partial charge >= 0.3 is 0 Å². The topological polar surface area (TPSA) is 80.6 Å². The fourth-order valence-corrected chi connectivity index (χ4v) is 2.59. The molecular weight excluding hydrogens is 280 g/mol. The molecule has 1 heterocycles. The van der Waals surface area contributed by atoms with Crippen LogP contribution in [0.3, 0.4) is 0 Å². The van der Waals surface area contributed by atoms with E-state index >= 15 is 0 Å². The molecule has 6 nitrogen and oxygen atoms in total. The lowest BCUT2D eigenvalue weighted by atomic mass is 10.4. The van der Waals surface area contributed by atoms with Gasteiger partial charge in [-0.05, 0) is 32.0 Å². The second kappa shape index (κ2) is 9.12. The first-order chi connectivity index (χ1) is 9.60. The number of sulfonamides is 1. The molecule has 0 spiro atoms. The lowest BCUT2D eigenvalue weighted by Gasteiger charge is -2.05. The van der Waals surface area contributed by atoms with Gasteiger partial charge in [-0.3, -0.25) is 0 Å². The maximum absolute atomic E-state index is 11.9. The summed E-state index contributed by atoms with van der Waals surface area (Å²) in [6, 6.07) is 3.12. The minimum atomic E-state index is -3.56. The van der Waals surface area contributed by atoms with Gasteiger partial charge in [0.05, 0.1) is 6.54 Å². The SMILES string of the molecule is CCCCOCCCNS(=O)(=O)c1ccc(CNC)o1. The van der Waals surface area contributed by atoms with Crippen LogP contribution in [0, 0.1) is 0 Å². The average Bonchev–Trinajstić information content (AvgIpc) is 2.88. The van der Waals surface area contributed by atoms with Gasteiger partial charge in [-0.25, -0.2) is 13.1 Å². The minimum absolute atomic E-state index is 0.0466. The van der Waals surface area contributed by atoms with Crippen LogP contribution in [-0.4, -0.2) is 35.2 Å². The molecule has 7 heteroatoms. The molecule has 2 N–H and O–H groups in total. The predicted octanol–water partition coefficient (Wildman–Crippen LogP) is 1.48. The van der Waals surface area contributed by atoms with Gasteiger partial charge in [0.25, 0.3) is 10.0 Å². The molecule has 0 aliphatic heterocycles. The van der Waals surface area contributed by atoms with Crippen LogP contribution in [0.15, 0.2) is 21.6 Å². The number of rotatable bonds is 11. The van der Waals surface area contributed by atoms with E-state index in [0.29, 0.717) is 31.9 Å². The molecule has 0 fully saturated rings. The monoisotopic (exact) mass is 304 g/mol. The Labute approximate surface area is 120 Å². The average molecular weight is 304 g/mol. The fourth-order valence-electron chi connectivity index (χ4n) is 1.57. The maximum Gasteiger partial charge on any atom is 0.273 e. The van der Waals surface area contributed by atoms with Crippen LogP contribution in [0.1, 0.15) is 31.9 Å². The molecule has 0 aliphatic carbocycles. The van der Waals surface area contributed by atoms with Gasteiger partial charge in [0, 0.05) is 19.8 Å². The van der Waals surface area contributed by atoms with E-state index in [-0.39, 0.29) is 5.09 Å². The van der Waals surface area contributed by atoms with Crippen LogP contribution in [0.5, 0.6) is 0 Å². The van der Waals surface area contributed by atoms with Gasteiger partial charge in [0.15, 0.2) is 0 Å². The molecule has 0 aromatic carbocycles. The summed E-state index contributed by atoms with van der Waals surface area (Å²) in [5.74, 6) is 0.593. The number of furan rings is 1. The zero-order valence-electron chi connectivity index (χ0n) is 12.1. The van der Waals surface area contributed by atoms with E-state index in [1.165, 1.54) is 6.07 Å². The molecule has 0 aliphatic rings. The first-order valence-electron chi connectivity index (χ1n) is 6.91. The zero-order chi connectivity index (χ0) is 14.8. The lowest BCUT2D eigenvalue weighted by Crippen LogP contribution is -2.25. The molecule has 0 atom stereocenters. The highest BCUT2D eigenvalue weighted by Crippen LogP contribution is 2.13. The van der Waals surface area contributed by atoms with E-state index in [1.54, 1.807) is 13.1 Å². The van der Waals surface area contributed by atoms with E-state index in [2.05, 4.69) is 17.0 Å². The van der Waals surface area contributed by atoms with Crippen molar-refractivity contribution in [2.75, 3.05) is 26.8 Å². The molecule has 0 unspecified atom stereocenters. The third-order valence-electron chi connectivity index (χ3n) is 2.65. The Morgan fingerprint density at radius 1 is 1.25 bits per heavy atom. The van der Waals surface area contributed by atoms with Gasteiger partial charge in [0.1, 0.15) is 5.76 Å². The van der Waals surface area contributed by atoms with Crippen molar-refractivity contribution in [3.05, 3.63) is 17.9 Å². The van der Waals surface area contributed by atoms with Gasteiger partial charge in [-0.15, -0.1) is 0 Å². The maximum atomic E-state index is 11.9. The Bertz CT molecular complexity index is 470. The summed E-state index contributed by atoms with van der Waals surface area (Å²) in [4.78, 5) is 0. The summed E-state index contributed by atoms with van der Waals surface area (Å²) in [5.41, 5.74) is 0. The van der Waals surface area contributed by atoms with E-state index in [0.717, 1.165) is 19.4 Å². The molecule has 0 saturated heterocycles. The van der Waals surface area contributed by atoms with Crippen LogP contribution in [0.2, 0.25) is 0 Å². The molecule has 0 radical (unpaired) electrons. The summed E-state index contributed by atoms with van der Waals surface area (Å²) in [6.07, 6.45) is 2.78. The Morgan fingerprint density at radius 2 is 2.00 bits per heavy atom. The highest BCUT2D eigenvalue weighted by Gasteiger charge is 2.17. The van der Waals surface area contributed by atoms with Gasteiger partial charge in [-0.2, -0.15) is 0 Å². The van der Waals surface area contributed by atoms with Crippen LogP contribution >= 0.6 is 0 Å². The van der Waals surface area contributed by atoms with E-state index < -0.39 is 10.0 Å². The number of hydrogen-bond acceptors (Lipinski definition) is 5. The van der Waals surface area contributed by atoms with Crippen molar-refractivity contribution in [1.29, 1.82) is 0 Å². The molecule has 0 bridgehead atoms. The Kier molecular flexibility index (Phi) is 7.83. The van der Waals surface area contributed by atoms with Crippen molar-refractivity contribution < 1.29 is 17.6 Å². The number of hydrogen-bond donors (Lipinski definition) is 2. The van der Waals surface area contributed by atoms with E-state index in [4.69, 9.17) is 9.15 Å². The first kappa shape index (κ1) is 17.2. The standard InChI is InChI=1S/C13H24N2O4S/c1-3-4-9-18-10-5-8-15-20(16,17)13-7-6-12(19-13)11-14-2/h6-7,14-15H,3-5,8-11H2,1-2H3. The molecule has 0 amide bonds. The van der Waals surface area contributed by atoms with Crippen molar-refractivity contribution in [3.63, 3.8) is 0 Å². The Balaban J connectivity index is 2.30. The molecule has 1 rings (SSSR count). The molecule has 1 aromatic heterocycles. The van der Waals surface area contributed by atoms with Crippen molar-refractivity contribution in [1.82, 2.24) is 10.0 Å². The van der Waals surface area contributed by atoms with E-state index in [9.17, 15) is 8.42 Å². The van der Waals surface area contributed by atoms with Crippen LogP contribution in [-0.2, 0) is 21.3 Å². The second-order valence-electron chi connectivity index (χ2n) is 4.47. The van der Waals surface area contributed by atoms with Crippen LogP contribution < -0.4 is 10.0 Å². The van der Waals surface area contributed by atoms with Crippen molar-refractivity contribution in [2.45, 2.75) is 37.8 Å². The van der Waals surface area contributed by atoms with Crippen molar-refractivity contribution >= 4 is 10.0 Å². The van der Waals surface area contributed by atoms with Crippen LogP contribution in [0.4, 0.5) is 0 Å². The predicted molar refractivity (Wildman–Crippen MR) is 77.0 cm³/mol. The molecule has 0 saturated carbocycles. The van der Waals surface area contributed by atoms with Gasteiger partial charge < -0.3 is 14.5 Å². The van der Waals surface area contributed by atoms with E-state index in [1.807, 2.05) is 0 Å². The van der Waals surface area contributed by atoms with Gasteiger partial charge in [-0.1, -0.05) is 13.3 Å². The summed E-state index contributed by atoms with van der Waals surface area (Å²) < 4.78 is 37.0. The summed E-state index contributed by atoms with van der Waals surface area (Å²) in [7, 11) is -1.78. The third kappa shape index (κ3) is 6.04. The molecular formula is C13H24N2O4S. The van der Waals surface area contributed by atoms with Gasteiger partial charge in [0.2, 0.25) is 5.09 Å². The summed E-state index contributed by atoms with van der Waals surface area (Å²) in [5, 5.41) is 2.85. The number of unbranched alkanes of at least 4 members (excludes halogenated alkanes) is 1. The summed E-state index contributed by atoms with van der Waals surface area (Å²) >= 11 is 0. The highest BCUT2D eigenvalue weighted by atomic mass is 32.2. The molecule has 1 aromatic rings. The third-order valence-corrected chi connectivity index (χ3v) is 3.99. The summed E-state index contributed by atoms with van der Waals surface area (Å²) in [6.45, 7) is 4.24. The first-order valence-corrected chi connectivity index (χ1v) is 8.39. The van der Waals surface area contributed by atoms with Crippen LogP contribution in [0.25, 0.3) is 0 Å². The normalized spacial score (nSPS) is 11.9. The second-order valence-corrected chi connectivity index (χ2v) is 6.17. The van der Waals surface area contributed by atoms with Crippen molar-refractivity contribution in [2.24, 2.45) is 0 Å². The Morgan fingerprint density at radius 3 is 2.70 bits per heavy atom. The fraction of sp³-hybridized carbons (Fsp3) is 0.692. The zero-order valence-corrected chi connectivity index (χ0v) is 13.0. The smallest absolute Gasteiger partial charge is 0.273 e. The quantitative estimate of drug-likeness (QED) is 0.605. The Hall–Kier alpha value is -0.890. The lowest BCUT2D eigenvalue weighted by molar-refractivity contribution is 0.130. The minimum Gasteiger partial charge on any atom is -0.447 e.